The van der Waals surface area contributed by atoms with Crippen LogP contribution in [-0.2, 0) is 4.79 Å². The fourth-order valence-corrected chi connectivity index (χ4v) is 4.24. The predicted octanol–water partition coefficient (Wildman–Crippen LogP) is 4.19. The summed E-state index contributed by atoms with van der Waals surface area (Å²) in [4.78, 5) is 33.7. The van der Waals surface area contributed by atoms with Crippen LogP contribution in [0.2, 0.25) is 0 Å². The third kappa shape index (κ3) is 3.11. The second-order valence-electron chi connectivity index (χ2n) is 7.73. The fraction of sp³-hybridized carbons (Fsp3) is 0.348. The van der Waals surface area contributed by atoms with Crippen LogP contribution in [0.4, 0.5) is 11.4 Å². The topological polar surface area (TPSA) is 53.0 Å². The number of piperidine rings is 1. The second-order valence-corrected chi connectivity index (χ2v) is 7.73. The Kier molecular flexibility index (Phi) is 4.75. The van der Waals surface area contributed by atoms with Gasteiger partial charge < -0.3 is 9.80 Å². The highest BCUT2D eigenvalue weighted by Crippen LogP contribution is 2.30. The molecule has 4 rings (SSSR count). The zero-order valence-corrected chi connectivity index (χ0v) is 16.6. The minimum absolute atomic E-state index is 0.0703. The number of aliphatic imine (C=N–C) groups is 1. The lowest BCUT2D eigenvalue weighted by atomic mass is 9.96. The summed E-state index contributed by atoms with van der Waals surface area (Å²) in [7, 11) is 1.76. The van der Waals surface area contributed by atoms with Crippen molar-refractivity contribution in [2.45, 2.75) is 45.2 Å². The highest BCUT2D eigenvalue weighted by atomic mass is 16.2. The van der Waals surface area contributed by atoms with Gasteiger partial charge in [-0.05, 0) is 63.4 Å². The summed E-state index contributed by atoms with van der Waals surface area (Å²) in [6.45, 7) is 4.24. The van der Waals surface area contributed by atoms with Crippen molar-refractivity contribution in [1.29, 1.82) is 0 Å². The molecule has 28 heavy (non-hydrogen) atoms. The molecule has 2 aromatic rings. The molecule has 2 aliphatic heterocycles. The summed E-state index contributed by atoms with van der Waals surface area (Å²) in [5.74, 6) is -0.0433. The van der Waals surface area contributed by atoms with Gasteiger partial charge in [0.05, 0.1) is 11.4 Å². The lowest BCUT2D eigenvalue weighted by Gasteiger charge is -2.39. The SMILES string of the molecule is C[C@H]1CCC[C@H](C)N1C(=O)c1ccc(N=C2C(=O)N(C)c3ccccc32)cc1. The van der Waals surface area contributed by atoms with Crippen molar-refractivity contribution in [2.75, 3.05) is 11.9 Å². The molecule has 0 spiro atoms. The van der Waals surface area contributed by atoms with Crippen LogP contribution < -0.4 is 4.90 Å². The van der Waals surface area contributed by atoms with Crippen LogP contribution in [0.1, 0.15) is 49.0 Å². The number of hydrogen-bond acceptors (Lipinski definition) is 3. The Labute approximate surface area is 165 Å². The summed E-state index contributed by atoms with van der Waals surface area (Å²) in [5.41, 5.74) is 3.48. The van der Waals surface area contributed by atoms with Crippen molar-refractivity contribution in [3.05, 3.63) is 59.7 Å². The van der Waals surface area contributed by atoms with Gasteiger partial charge in [-0.1, -0.05) is 18.2 Å². The highest BCUT2D eigenvalue weighted by molar-refractivity contribution is 6.54. The zero-order valence-electron chi connectivity index (χ0n) is 16.6. The Morgan fingerprint density at radius 2 is 1.64 bits per heavy atom. The first-order chi connectivity index (χ1) is 13.5. The van der Waals surface area contributed by atoms with Crippen LogP contribution in [0, 0.1) is 0 Å². The van der Waals surface area contributed by atoms with Gasteiger partial charge in [0.25, 0.3) is 11.8 Å². The first-order valence-corrected chi connectivity index (χ1v) is 9.86. The number of rotatable bonds is 2. The Morgan fingerprint density at radius 3 is 2.32 bits per heavy atom. The van der Waals surface area contributed by atoms with Crippen molar-refractivity contribution in [3.63, 3.8) is 0 Å². The van der Waals surface area contributed by atoms with E-state index in [0.29, 0.717) is 17.0 Å². The molecule has 0 saturated carbocycles. The number of amides is 2. The number of fused-ring (bicyclic) bond motifs is 1. The molecular formula is C23H25N3O2. The number of hydrogen-bond donors (Lipinski definition) is 0. The van der Waals surface area contributed by atoms with Gasteiger partial charge in [-0.25, -0.2) is 4.99 Å². The third-order valence-corrected chi connectivity index (χ3v) is 5.81. The number of nitrogens with zero attached hydrogens (tertiary/aromatic N) is 3. The van der Waals surface area contributed by atoms with Gasteiger partial charge in [-0.2, -0.15) is 0 Å². The smallest absolute Gasteiger partial charge is 0.277 e. The van der Waals surface area contributed by atoms with E-state index in [1.165, 1.54) is 6.42 Å². The Bertz CT molecular complexity index is 939. The number of carbonyl (C=O) groups is 2. The van der Waals surface area contributed by atoms with Gasteiger partial charge >= 0.3 is 0 Å². The fourth-order valence-electron chi connectivity index (χ4n) is 4.24. The minimum Gasteiger partial charge on any atom is -0.333 e. The maximum atomic E-state index is 13.0. The Balaban J connectivity index is 1.60. The molecule has 2 amide bonds. The van der Waals surface area contributed by atoms with Crippen LogP contribution in [0.3, 0.4) is 0 Å². The molecule has 2 atom stereocenters. The molecule has 0 bridgehead atoms. The van der Waals surface area contributed by atoms with E-state index in [4.69, 9.17) is 0 Å². The molecule has 0 aromatic heterocycles. The lowest BCUT2D eigenvalue weighted by molar-refractivity contribution is -0.111. The summed E-state index contributed by atoms with van der Waals surface area (Å²) < 4.78 is 0. The molecule has 2 aliphatic rings. The average molecular weight is 375 g/mol. The maximum absolute atomic E-state index is 13.0. The molecule has 2 heterocycles. The molecule has 1 fully saturated rings. The van der Waals surface area contributed by atoms with Crippen LogP contribution in [0.5, 0.6) is 0 Å². The highest BCUT2D eigenvalue weighted by Gasteiger charge is 2.31. The van der Waals surface area contributed by atoms with Gasteiger partial charge in [-0.15, -0.1) is 0 Å². The van der Waals surface area contributed by atoms with E-state index in [2.05, 4.69) is 18.8 Å². The van der Waals surface area contributed by atoms with Crippen LogP contribution >= 0.6 is 0 Å². The summed E-state index contributed by atoms with van der Waals surface area (Å²) in [6, 6.07) is 15.4. The molecule has 2 aromatic carbocycles. The number of para-hydroxylation sites is 1. The largest absolute Gasteiger partial charge is 0.333 e. The van der Waals surface area contributed by atoms with Gasteiger partial charge in [0.2, 0.25) is 0 Å². The quantitative estimate of drug-likeness (QED) is 0.790. The average Bonchev–Trinajstić information content (AvgIpc) is 2.93. The predicted molar refractivity (Wildman–Crippen MR) is 111 cm³/mol. The maximum Gasteiger partial charge on any atom is 0.277 e. The van der Waals surface area contributed by atoms with Crippen molar-refractivity contribution in [3.8, 4) is 0 Å². The second kappa shape index (κ2) is 7.23. The summed E-state index contributed by atoms with van der Waals surface area (Å²) >= 11 is 0. The molecule has 0 aliphatic carbocycles. The minimum atomic E-state index is -0.114. The van der Waals surface area contributed by atoms with E-state index >= 15 is 0 Å². The number of carbonyl (C=O) groups excluding carboxylic acids is 2. The van der Waals surface area contributed by atoms with E-state index in [1.54, 1.807) is 11.9 Å². The summed E-state index contributed by atoms with van der Waals surface area (Å²) in [5, 5.41) is 0. The zero-order chi connectivity index (χ0) is 19.8. The molecule has 0 unspecified atom stereocenters. The lowest BCUT2D eigenvalue weighted by Crippen LogP contribution is -2.47. The van der Waals surface area contributed by atoms with Crippen molar-refractivity contribution >= 4 is 28.9 Å². The molecule has 144 valence electrons. The van der Waals surface area contributed by atoms with E-state index < -0.39 is 0 Å². The number of likely N-dealkylation sites (tertiary alicyclic amines) is 1. The van der Waals surface area contributed by atoms with Crippen LogP contribution in [0.25, 0.3) is 0 Å². The molecule has 1 saturated heterocycles. The molecular weight excluding hydrogens is 350 g/mol. The van der Waals surface area contributed by atoms with E-state index in [1.807, 2.05) is 53.4 Å². The van der Waals surface area contributed by atoms with Gasteiger partial charge in [-0.3, -0.25) is 9.59 Å². The normalized spacial score (nSPS) is 23.2. The van der Waals surface area contributed by atoms with Crippen LogP contribution in [-0.4, -0.2) is 41.6 Å². The van der Waals surface area contributed by atoms with E-state index in [9.17, 15) is 9.59 Å². The summed E-state index contributed by atoms with van der Waals surface area (Å²) in [6.07, 6.45) is 3.28. The Morgan fingerprint density at radius 1 is 1.00 bits per heavy atom. The van der Waals surface area contributed by atoms with Gasteiger partial charge in [0, 0.05) is 30.3 Å². The van der Waals surface area contributed by atoms with Crippen molar-refractivity contribution < 1.29 is 9.59 Å². The Hall–Kier alpha value is -2.95. The van der Waals surface area contributed by atoms with Crippen LogP contribution in [0.15, 0.2) is 53.5 Å². The monoisotopic (exact) mass is 375 g/mol. The molecule has 0 N–H and O–H groups in total. The first kappa shape index (κ1) is 18.4. The van der Waals surface area contributed by atoms with E-state index in [-0.39, 0.29) is 23.9 Å². The van der Waals surface area contributed by atoms with Crippen molar-refractivity contribution in [2.24, 2.45) is 4.99 Å². The standard InChI is InChI=1S/C23H25N3O2/c1-15-7-6-8-16(2)26(15)22(27)17-11-13-18(14-12-17)24-21-19-9-4-5-10-20(19)25(3)23(21)28/h4-5,9-16H,6-8H2,1-3H3/t15-,16-/m0/s1. The van der Waals surface area contributed by atoms with Gasteiger partial charge in [0.15, 0.2) is 0 Å². The number of likely N-dealkylation sites (N-methyl/N-ethyl adjacent to an activating group) is 1. The van der Waals surface area contributed by atoms with Crippen molar-refractivity contribution in [1.82, 2.24) is 4.90 Å². The molecule has 5 nitrogen and oxygen atoms in total. The number of anilines is 1. The molecule has 5 heteroatoms. The van der Waals surface area contributed by atoms with Gasteiger partial charge in [0.1, 0.15) is 5.71 Å². The first-order valence-electron chi connectivity index (χ1n) is 9.86. The third-order valence-electron chi connectivity index (χ3n) is 5.81. The number of benzene rings is 2. The molecule has 0 radical (unpaired) electrons. The van der Waals surface area contributed by atoms with E-state index in [0.717, 1.165) is 24.1 Å².